The van der Waals surface area contributed by atoms with Gasteiger partial charge in [0.25, 0.3) is 0 Å². The molecule has 0 N–H and O–H groups in total. The second-order valence-electron chi connectivity index (χ2n) is 4.33. The minimum absolute atomic E-state index is 0.448. The summed E-state index contributed by atoms with van der Waals surface area (Å²) >= 11 is 0. The van der Waals surface area contributed by atoms with Crippen molar-refractivity contribution in [3.05, 3.63) is 12.2 Å². The number of hydrogen-bond acceptors (Lipinski definition) is 1. The summed E-state index contributed by atoms with van der Waals surface area (Å²) in [5, 5.41) is 0. The molecule has 66 valence electrons. The number of rotatable bonds is 1. The van der Waals surface area contributed by atoms with Gasteiger partial charge in [0.05, 0.1) is 6.04 Å². The van der Waals surface area contributed by atoms with Gasteiger partial charge in [-0.25, -0.2) is 0 Å². The van der Waals surface area contributed by atoms with Gasteiger partial charge in [-0.1, -0.05) is 12.2 Å². The van der Waals surface area contributed by atoms with E-state index in [9.17, 15) is 0 Å². The molecule has 0 saturated heterocycles. The Morgan fingerprint density at radius 2 is 2.25 bits per heavy atom. The van der Waals surface area contributed by atoms with Gasteiger partial charge in [-0.3, -0.25) is 4.99 Å². The van der Waals surface area contributed by atoms with E-state index in [1.165, 1.54) is 30.5 Å². The van der Waals surface area contributed by atoms with Crippen LogP contribution in [-0.4, -0.2) is 11.8 Å². The number of hydrogen-bond donors (Lipinski definition) is 0. The Labute approximate surface area is 74.6 Å². The Morgan fingerprint density at radius 1 is 1.50 bits per heavy atom. The third-order valence-electron chi connectivity index (χ3n) is 3.36. The first kappa shape index (κ1) is 8.03. The van der Waals surface area contributed by atoms with Crippen molar-refractivity contribution < 1.29 is 0 Å². The fraction of sp³-hybridized carbons (Fsp3) is 0.727. The SMILES string of the molecule is C=C(C)[C@@H]1N=C(C)C2CCC1C2. The summed E-state index contributed by atoms with van der Waals surface area (Å²) in [5.41, 5.74) is 2.62. The van der Waals surface area contributed by atoms with Gasteiger partial charge in [0.15, 0.2) is 0 Å². The summed E-state index contributed by atoms with van der Waals surface area (Å²) in [6, 6.07) is 0.448. The molecule has 0 spiro atoms. The summed E-state index contributed by atoms with van der Waals surface area (Å²) in [4.78, 5) is 4.72. The molecule has 12 heavy (non-hydrogen) atoms. The fourth-order valence-electron chi connectivity index (χ4n) is 2.63. The number of aliphatic imine (C=N–C) groups is 1. The molecule has 0 amide bonds. The van der Waals surface area contributed by atoms with Crippen molar-refractivity contribution in [1.82, 2.24) is 0 Å². The quantitative estimate of drug-likeness (QED) is 0.527. The molecule has 2 bridgehead atoms. The normalized spacial score (nSPS) is 39.5. The molecule has 0 aromatic rings. The molecule has 2 aliphatic rings. The van der Waals surface area contributed by atoms with Crippen LogP contribution in [0.15, 0.2) is 17.1 Å². The maximum Gasteiger partial charge on any atom is 0.0731 e. The molecule has 0 aromatic heterocycles. The Kier molecular flexibility index (Phi) is 1.82. The lowest BCUT2D eigenvalue weighted by Crippen LogP contribution is -2.25. The highest BCUT2D eigenvalue weighted by Crippen LogP contribution is 2.40. The van der Waals surface area contributed by atoms with Gasteiger partial charge < -0.3 is 0 Å². The second-order valence-corrected chi connectivity index (χ2v) is 4.33. The van der Waals surface area contributed by atoms with Crippen LogP contribution < -0.4 is 0 Å². The van der Waals surface area contributed by atoms with Crippen LogP contribution in [0, 0.1) is 11.8 Å². The van der Waals surface area contributed by atoms with Crippen molar-refractivity contribution in [3.63, 3.8) is 0 Å². The lowest BCUT2D eigenvalue weighted by atomic mass is 9.88. The monoisotopic (exact) mass is 163 g/mol. The molecule has 2 rings (SSSR count). The molecule has 0 radical (unpaired) electrons. The third-order valence-corrected chi connectivity index (χ3v) is 3.36. The topological polar surface area (TPSA) is 12.4 Å². The first-order chi connectivity index (χ1) is 5.68. The number of nitrogens with zero attached hydrogens (tertiary/aromatic N) is 1. The van der Waals surface area contributed by atoms with Crippen LogP contribution in [0.25, 0.3) is 0 Å². The lowest BCUT2D eigenvalue weighted by Gasteiger charge is -2.26. The van der Waals surface area contributed by atoms with Crippen molar-refractivity contribution in [3.8, 4) is 0 Å². The molecular weight excluding hydrogens is 146 g/mol. The van der Waals surface area contributed by atoms with Gasteiger partial charge >= 0.3 is 0 Å². The molecule has 1 aliphatic heterocycles. The molecule has 1 fully saturated rings. The average Bonchev–Trinajstić information content (AvgIpc) is 2.42. The third kappa shape index (κ3) is 1.12. The van der Waals surface area contributed by atoms with E-state index < -0.39 is 0 Å². The van der Waals surface area contributed by atoms with E-state index in [-0.39, 0.29) is 0 Å². The zero-order valence-corrected chi connectivity index (χ0v) is 8.01. The van der Waals surface area contributed by atoms with Crippen LogP contribution in [-0.2, 0) is 0 Å². The molecule has 1 saturated carbocycles. The van der Waals surface area contributed by atoms with Gasteiger partial charge in [-0.05, 0) is 44.9 Å². The maximum absolute atomic E-state index is 4.72. The van der Waals surface area contributed by atoms with Crippen molar-refractivity contribution in [2.24, 2.45) is 16.8 Å². The van der Waals surface area contributed by atoms with Gasteiger partial charge in [0, 0.05) is 5.71 Å². The van der Waals surface area contributed by atoms with Crippen LogP contribution in [0.3, 0.4) is 0 Å². The molecular formula is C11H17N. The highest BCUT2D eigenvalue weighted by molar-refractivity contribution is 5.85. The van der Waals surface area contributed by atoms with Crippen LogP contribution in [0.2, 0.25) is 0 Å². The summed E-state index contributed by atoms with van der Waals surface area (Å²) in [6.45, 7) is 8.32. The summed E-state index contributed by atoms with van der Waals surface area (Å²) in [5.74, 6) is 1.63. The summed E-state index contributed by atoms with van der Waals surface area (Å²) in [7, 11) is 0. The van der Waals surface area contributed by atoms with E-state index in [0.29, 0.717) is 6.04 Å². The van der Waals surface area contributed by atoms with Gasteiger partial charge in [-0.15, -0.1) is 0 Å². The Bertz CT molecular complexity index is 239. The first-order valence-electron chi connectivity index (χ1n) is 4.88. The zero-order chi connectivity index (χ0) is 8.72. The largest absolute Gasteiger partial charge is 0.286 e. The van der Waals surface area contributed by atoms with Crippen LogP contribution in [0.5, 0.6) is 0 Å². The molecule has 1 aliphatic carbocycles. The van der Waals surface area contributed by atoms with E-state index in [1.54, 1.807) is 0 Å². The molecule has 0 aromatic carbocycles. The smallest absolute Gasteiger partial charge is 0.0731 e. The van der Waals surface area contributed by atoms with E-state index in [2.05, 4.69) is 20.4 Å². The minimum atomic E-state index is 0.448. The van der Waals surface area contributed by atoms with Gasteiger partial charge in [0.2, 0.25) is 0 Å². The molecule has 3 atom stereocenters. The molecule has 1 heterocycles. The minimum Gasteiger partial charge on any atom is -0.286 e. The Balaban J connectivity index is 2.26. The highest BCUT2D eigenvalue weighted by atomic mass is 14.8. The van der Waals surface area contributed by atoms with E-state index in [0.717, 1.165) is 11.8 Å². The van der Waals surface area contributed by atoms with E-state index in [1.807, 2.05) is 0 Å². The second kappa shape index (κ2) is 2.72. The standard InChI is InChI=1S/C11H17N/c1-7(2)11-10-5-4-9(6-10)8(3)12-11/h9-11H,1,4-6H2,2-3H3/t9?,10?,11-/m0/s1. The lowest BCUT2D eigenvalue weighted by molar-refractivity contribution is 0.451. The van der Waals surface area contributed by atoms with Crippen LogP contribution in [0.1, 0.15) is 33.1 Å². The van der Waals surface area contributed by atoms with Crippen LogP contribution in [0.4, 0.5) is 0 Å². The Hall–Kier alpha value is -0.590. The van der Waals surface area contributed by atoms with E-state index >= 15 is 0 Å². The van der Waals surface area contributed by atoms with Gasteiger partial charge in [-0.2, -0.15) is 0 Å². The van der Waals surface area contributed by atoms with Crippen molar-refractivity contribution in [1.29, 1.82) is 0 Å². The Morgan fingerprint density at radius 3 is 2.92 bits per heavy atom. The predicted molar refractivity (Wildman–Crippen MR) is 52.5 cm³/mol. The fourth-order valence-corrected chi connectivity index (χ4v) is 2.63. The summed E-state index contributed by atoms with van der Waals surface area (Å²) < 4.78 is 0. The average molecular weight is 163 g/mol. The van der Waals surface area contributed by atoms with Crippen molar-refractivity contribution in [2.45, 2.75) is 39.2 Å². The summed E-state index contributed by atoms with van der Waals surface area (Å²) in [6.07, 6.45) is 4.10. The molecule has 2 unspecified atom stereocenters. The molecule has 1 heteroatoms. The van der Waals surface area contributed by atoms with Crippen molar-refractivity contribution in [2.75, 3.05) is 0 Å². The number of fused-ring (bicyclic) bond motifs is 2. The van der Waals surface area contributed by atoms with Gasteiger partial charge in [0.1, 0.15) is 0 Å². The molecule has 1 nitrogen and oxygen atoms in total. The highest BCUT2D eigenvalue weighted by Gasteiger charge is 2.36. The van der Waals surface area contributed by atoms with Crippen molar-refractivity contribution >= 4 is 5.71 Å². The van der Waals surface area contributed by atoms with Crippen LogP contribution >= 0.6 is 0 Å². The predicted octanol–water partition coefficient (Wildman–Crippen LogP) is 2.82. The maximum atomic E-state index is 4.72. The van der Waals surface area contributed by atoms with E-state index in [4.69, 9.17) is 4.99 Å². The zero-order valence-electron chi connectivity index (χ0n) is 8.01. The first-order valence-corrected chi connectivity index (χ1v) is 4.88.